The van der Waals surface area contributed by atoms with E-state index in [0.717, 1.165) is 37.3 Å². The second-order valence-electron chi connectivity index (χ2n) is 5.90. The normalized spacial score (nSPS) is 18.7. The van der Waals surface area contributed by atoms with E-state index in [1.807, 2.05) is 36.3 Å². The van der Waals surface area contributed by atoms with Crippen LogP contribution in [0.4, 0.5) is 5.69 Å². The fourth-order valence-corrected chi connectivity index (χ4v) is 3.14. The first-order valence-electron chi connectivity index (χ1n) is 8.13. The maximum absolute atomic E-state index is 13.0. The molecule has 0 saturated carbocycles. The quantitative estimate of drug-likeness (QED) is 0.845. The molecule has 1 amide bonds. The van der Waals surface area contributed by atoms with Crippen LogP contribution in [-0.4, -0.2) is 44.7 Å². The minimum atomic E-state index is -0.0871. The molecule has 3 rings (SSSR count). The van der Waals surface area contributed by atoms with Gasteiger partial charge in [-0.05, 0) is 31.5 Å². The topological polar surface area (TPSA) is 54.3 Å². The van der Waals surface area contributed by atoms with Crippen molar-refractivity contribution in [3.63, 3.8) is 0 Å². The van der Waals surface area contributed by atoms with Crippen LogP contribution in [0.1, 0.15) is 25.5 Å². The van der Waals surface area contributed by atoms with Gasteiger partial charge in [-0.25, -0.2) is 0 Å². The van der Waals surface area contributed by atoms with Gasteiger partial charge in [-0.3, -0.25) is 19.4 Å². The van der Waals surface area contributed by atoms with Crippen LogP contribution < -0.4 is 4.90 Å². The molecular formula is C17H23N5O. The number of rotatable bonds is 5. The zero-order valence-electron chi connectivity index (χ0n) is 13.7. The minimum absolute atomic E-state index is 0.0871. The van der Waals surface area contributed by atoms with Crippen molar-refractivity contribution < 1.29 is 4.79 Å². The molecule has 0 aromatic carbocycles. The Morgan fingerprint density at radius 1 is 1.39 bits per heavy atom. The van der Waals surface area contributed by atoms with E-state index in [1.54, 1.807) is 17.1 Å². The number of carbonyl (C=O) groups excluding carboxylic acids is 1. The SMILES string of the molecule is CCN(Cc1ccccn1)C1CCCN(c2cnn(C)c2)C1=O. The first kappa shape index (κ1) is 15.7. The van der Waals surface area contributed by atoms with E-state index in [1.165, 1.54) is 0 Å². The summed E-state index contributed by atoms with van der Waals surface area (Å²) in [4.78, 5) is 21.4. The van der Waals surface area contributed by atoms with Gasteiger partial charge in [0, 0.05) is 32.5 Å². The average molecular weight is 313 g/mol. The zero-order chi connectivity index (χ0) is 16.2. The molecule has 23 heavy (non-hydrogen) atoms. The molecule has 0 N–H and O–H groups in total. The number of aryl methyl sites for hydroxylation is 1. The lowest BCUT2D eigenvalue weighted by atomic mass is 10.0. The van der Waals surface area contributed by atoms with Crippen LogP contribution in [0.3, 0.4) is 0 Å². The molecule has 122 valence electrons. The summed E-state index contributed by atoms with van der Waals surface area (Å²) in [6.45, 7) is 4.39. The molecule has 3 heterocycles. The maximum atomic E-state index is 13.0. The smallest absolute Gasteiger partial charge is 0.244 e. The summed E-state index contributed by atoms with van der Waals surface area (Å²) in [6.07, 6.45) is 7.36. The number of likely N-dealkylation sites (N-methyl/N-ethyl adjacent to an activating group) is 1. The van der Waals surface area contributed by atoms with Gasteiger partial charge >= 0.3 is 0 Å². The second kappa shape index (κ2) is 6.91. The number of pyridine rings is 1. The summed E-state index contributed by atoms with van der Waals surface area (Å²) in [5.41, 5.74) is 1.89. The highest BCUT2D eigenvalue weighted by atomic mass is 16.2. The number of hydrogen-bond donors (Lipinski definition) is 0. The van der Waals surface area contributed by atoms with Crippen molar-refractivity contribution in [3.05, 3.63) is 42.5 Å². The first-order valence-corrected chi connectivity index (χ1v) is 8.13. The third-order valence-corrected chi connectivity index (χ3v) is 4.35. The van der Waals surface area contributed by atoms with Crippen molar-refractivity contribution in [3.8, 4) is 0 Å². The molecule has 6 nitrogen and oxygen atoms in total. The van der Waals surface area contributed by atoms with Crippen LogP contribution in [0.5, 0.6) is 0 Å². The van der Waals surface area contributed by atoms with Crippen LogP contribution in [0, 0.1) is 0 Å². The van der Waals surface area contributed by atoms with Gasteiger partial charge < -0.3 is 4.90 Å². The Bertz CT molecular complexity index is 654. The summed E-state index contributed by atoms with van der Waals surface area (Å²) in [6, 6.07) is 5.82. The molecule has 1 atom stereocenters. The third-order valence-electron chi connectivity index (χ3n) is 4.35. The number of hydrogen-bond acceptors (Lipinski definition) is 4. The highest BCUT2D eigenvalue weighted by Gasteiger charge is 2.33. The highest BCUT2D eigenvalue weighted by molar-refractivity contribution is 5.97. The molecule has 0 radical (unpaired) electrons. The van der Waals surface area contributed by atoms with Crippen LogP contribution >= 0.6 is 0 Å². The first-order chi connectivity index (χ1) is 11.2. The molecule has 1 aliphatic heterocycles. The third kappa shape index (κ3) is 3.42. The van der Waals surface area contributed by atoms with Crippen molar-refractivity contribution in [2.75, 3.05) is 18.0 Å². The van der Waals surface area contributed by atoms with Crippen molar-refractivity contribution in [1.29, 1.82) is 0 Å². The fraction of sp³-hybridized carbons (Fsp3) is 0.471. The molecular weight excluding hydrogens is 290 g/mol. The van der Waals surface area contributed by atoms with Crippen molar-refractivity contribution in [1.82, 2.24) is 19.7 Å². The van der Waals surface area contributed by atoms with Gasteiger partial charge in [0.15, 0.2) is 0 Å². The summed E-state index contributed by atoms with van der Waals surface area (Å²) in [5, 5.41) is 4.18. The summed E-state index contributed by atoms with van der Waals surface area (Å²) < 4.78 is 1.73. The maximum Gasteiger partial charge on any atom is 0.244 e. The Morgan fingerprint density at radius 3 is 2.91 bits per heavy atom. The standard InChI is InChI=1S/C17H23N5O/c1-3-21(12-14-7-4-5-9-18-14)16-8-6-10-22(17(16)23)15-11-19-20(2)13-15/h4-5,7,9,11,13,16H,3,6,8,10,12H2,1-2H3. The molecule has 1 aliphatic rings. The van der Waals surface area contributed by atoms with E-state index < -0.39 is 0 Å². The molecule has 6 heteroatoms. The lowest BCUT2D eigenvalue weighted by Crippen LogP contribution is -2.52. The highest BCUT2D eigenvalue weighted by Crippen LogP contribution is 2.24. The van der Waals surface area contributed by atoms with Crippen LogP contribution in [0.15, 0.2) is 36.8 Å². The van der Waals surface area contributed by atoms with E-state index in [2.05, 4.69) is 21.9 Å². The second-order valence-corrected chi connectivity index (χ2v) is 5.90. The lowest BCUT2D eigenvalue weighted by Gasteiger charge is -2.37. The van der Waals surface area contributed by atoms with E-state index in [-0.39, 0.29) is 11.9 Å². The number of amides is 1. The van der Waals surface area contributed by atoms with Gasteiger partial charge in [0.1, 0.15) is 0 Å². The Hall–Kier alpha value is -2.21. The summed E-state index contributed by atoms with van der Waals surface area (Å²) in [5.74, 6) is 0.169. The van der Waals surface area contributed by atoms with Gasteiger partial charge in [-0.15, -0.1) is 0 Å². The van der Waals surface area contributed by atoms with Gasteiger partial charge in [-0.1, -0.05) is 13.0 Å². The zero-order valence-corrected chi connectivity index (χ0v) is 13.7. The number of carbonyl (C=O) groups is 1. The molecule has 0 aliphatic carbocycles. The van der Waals surface area contributed by atoms with Gasteiger partial charge in [0.05, 0.1) is 23.6 Å². The number of nitrogens with zero attached hydrogens (tertiary/aromatic N) is 5. The summed E-state index contributed by atoms with van der Waals surface area (Å²) >= 11 is 0. The van der Waals surface area contributed by atoms with Crippen molar-refractivity contribution in [2.24, 2.45) is 7.05 Å². The Balaban J connectivity index is 1.76. The number of anilines is 1. The fourth-order valence-electron chi connectivity index (χ4n) is 3.14. The van der Waals surface area contributed by atoms with E-state index >= 15 is 0 Å². The van der Waals surface area contributed by atoms with E-state index in [0.29, 0.717) is 6.54 Å². The van der Waals surface area contributed by atoms with E-state index in [9.17, 15) is 4.79 Å². The predicted octanol–water partition coefficient (Wildman–Crippen LogP) is 1.83. The summed E-state index contributed by atoms with van der Waals surface area (Å²) in [7, 11) is 1.87. The average Bonchev–Trinajstić information content (AvgIpc) is 3.00. The number of aromatic nitrogens is 3. The molecule has 1 fully saturated rings. The lowest BCUT2D eigenvalue weighted by molar-refractivity contribution is -0.125. The van der Waals surface area contributed by atoms with Crippen molar-refractivity contribution >= 4 is 11.6 Å². The molecule has 2 aromatic rings. The molecule has 1 unspecified atom stereocenters. The predicted molar refractivity (Wildman–Crippen MR) is 88.9 cm³/mol. The van der Waals surface area contributed by atoms with Gasteiger partial charge in [0.25, 0.3) is 0 Å². The van der Waals surface area contributed by atoms with E-state index in [4.69, 9.17) is 0 Å². The van der Waals surface area contributed by atoms with Crippen LogP contribution in [0.2, 0.25) is 0 Å². The van der Waals surface area contributed by atoms with Crippen LogP contribution in [0.25, 0.3) is 0 Å². The molecule has 0 spiro atoms. The monoisotopic (exact) mass is 313 g/mol. The largest absolute Gasteiger partial charge is 0.308 e. The minimum Gasteiger partial charge on any atom is -0.308 e. The Labute approximate surface area is 136 Å². The molecule has 2 aromatic heterocycles. The van der Waals surface area contributed by atoms with Gasteiger partial charge in [-0.2, -0.15) is 5.10 Å². The Morgan fingerprint density at radius 2 is 2.26 bits per heavy atom. The van der Waals surface area contributed by atoms with Crippen LogP contribution in [-0.2, 0) is 18.4 Å². The van der Waals surface area contributed by atoms with Gasteiger partial charge in [0.2, 0.25) is 5.91 Å². The Kier molecular flexibility index (Phi) is 4.71. The number of piperidine rings is 1. The molecule has 1 saturated heterocycles. The molecule has 0 bridgehead atoms. The van der Waals surface area contributed by atoms with Crippen molar-refractivity contribution in [2.45, 2.75) is 32.4 Å².